The van der Waals surface area contributed by atoms with E-state index in [4.69, 9.17) is 4.74 Å². The maximum atomic E-state index is 13.3. The molecule has 3 amide bonds. The lowest BCUT2D eigenvalue weighted by molar-refractivity contribution is 0.0944. The second-order valence-corrected chi connectivity index (χ2v) is 9.32. The summed E-state index contributed by atoms with van der Waals surface area (Å²) in [5.74, 6) is -0.163. The molecule has 1 heterocycles. The van der Waals surface area contributed by atoms with Gasteiger partial charge in [0, 0.05) is 49.9 Å². The summed E-state index contributed by atoms with van der Waals surface area (Å²) in [6.45, 7) is 9.22. The molecule has 0 saturated heterocycles. The molecule has 0 saturated carbocycles. The van der Waals surface area contributed by atoms with Gasteiger partial charge < -0.3 is 25.6 Å². The Hall–Kier alpha value is -3.84. The lowest BCUT2D eigenvalue weighted by Crippen LogP contribution is -2.33. The van der Waals surface area contributed by atoms with E-state index in [0.29, 0.717) is 31.0 Å². The Morgan fingerprint density at radius 2 is 1.70 bits per heavy atom. The van der Waals surface area contributed by atoms with Crippen LogP contribution >= 0.6 is 0 Å². The monoisotopic (exact) mass is 500 g/mol. The Balaban J connectivity index is 1.54. The van der Waals surface area contributed by atoms with Crippen molar-refractivity contribution in [2.24, 2.45) is 0 Å². The highest BCUT2D eigenvalue weighted by Gasteiger charge is 2.22. The largest absolute Gasteiger partial charge is 0.382 e. The summed E-state index contributed by atoms with van der Waals surface area (Å²) in [6, 6.07) is 19.5. The molecule has 1 aliphatic rings. The van der Waals surface area contributed by atoms with Crippen LogP contribution in [-0.2, 0) is 17.7 Å². The Morgan fingerprint density at radius 3 is 2.46 bits per heavy atom. The number of ether oxygens (including phenoxy) is 1. The quantitative estimate of drug-likeness (QED) is 0.331. The number of anilines is 3. The van der Waals surface area contributed by atoms with Crippen LogP contribution in [0.5, 0.6) is 0 Å². The zero-order valence-electron chi connectivity index (χ0n) is 21.9. The van der Waals surface area contributed by atoms with Crippen LogP contribution in [0, 0.1) is 13.8 Å². The SMILES string of the molecule is CCOCCCNC(=O)c1cc(NC(=O)Nc2c(C)cccc2C)ccc1N1CCc2ccccc2C1. The van der Waals surface area contributed by atoms with E-state index in [-0.39, 0.29) is 11.9 Å². The van der Waals surface area contributed by atoms with E-state index in [2.05, 4.69) is 45.1 Å². The van der Waals surface area contributed by atoms with Gasteiger partial charge in [-0.3, -0.25) is 4.79 Å². The topological polar surface area (TPSA) is 82.7 Å². The average Bonchev–Trinajstić information content (AvgIpc) is 2.90. The molecule has 3 N–H and O–H groups in total. The first-order chi connectivity index (χ1) is 18.0. The summed E-state index contributed by atoms with van der Waals surface area (Å²) in [7, 11) is 0. The Kier molecular flexibility index (Phi) is 8.80. The number of benzene rings is 3. The minimum absolute atomic E-state index is 0.163. The van der Waals surface area contributed by atoms with Crippen LogP contribution in [0.25, 0.3) is 0 Å². The lowest BCUT2D eigenvalue weighted by Gasteiger charge is -2.32. The van der Waals surface area contributed by atoms with Crippen LogP contribution in [0.2, 0.25) is 0 Å². The van der Waals surface area contributed by atoms with Crippen LogP contribution in [0.3, 0.4) is 0 Å². The molecule has 0 fully saturated rings. The van der Waals surface area contributed by atoms with E-state index in [0.717, 1.165) is 48.4 Å². The fraction of sp³-hybridized carbons (Fsp3) is 0.333. The number of aryl methyl sites for hydroxylation is 2. The van der Waals surface area contributed by atoms with E-state index in [1.54, 1.807) is 6.07 Å². The number of para-hydroxylation sites is 1. The third kappa shape index (κ3) is 6.68. The molecule has 0 atom stereocenters. The van der Waals surface area contributed by atoms with Gasteiger partial charge in [-0.15, -0.1) is 0 Å². The summed E-state index contributed by atoms with van der Waals surface area (Å²) in [6.07, 6.45) is 1.66. The standard InChI is InChI=1S/C30H36N4O3/c1-4-37-18-8-16-31-29(35)26-19-25(32-30(36)33-28-21(2)9-7-10-22(28)3)13-14-27(26)34-17-15-23-11-5-6-12-24(23)20-34/h5-7,9-14,19H,4,8,15-18,20H2,1-3H3,(H,31,35)(H2,32,33,36). The van der Waals surface area contributed by atoms with Crippen LogP contribution in [0.4, 0.5) is 21.9 Å². The van der Waals surface area contributed by atoms with Crippen LogP contribution < -0.4 is 20.9 Å². The normalized spacial score (nSPS) is 12.6. The lowest BCUT2D eigenvalue weighted by atomic mass is 9.98. The predicted molar refractivity (Wildman–Crippen MR) is 150 cm³/mol. The first kappa shape index (κ1) is 26.2. The molecule has 0 aromatic heterocycles. The minimum atomic E-state index is -0.347. The number of nitrogens with zero attached hydrogens (tertiary/aromatic N) is 1. The first-order valence-corrected chi connectivity index (χ1v) is 12.9. The molecule has 4 rings (SSSR count). The molecule has 0 spiro atoms. The number of carbonyl (C=O) groups is 2. The highest BCUT2D eigenvalue weighted by molar-refractivity contribution is 6.04. The zero-order valence-corrected chi connectivity index (χ0v) is 21.9. The summed E-state index contributed by atoms with van der Waals surface area (Å²) < 4.78 is 5.39. The fourth-order valence-electron chi connectivity index (χ4n) is 4.68. The van der Waals surface area contributed by atoms with Crippen molar-refractivity contribution >= 4 is 29.0 Å². The first-order valence-electron chi connectivity index (χ1n) is 12.9. The van der Waals surface area contributed by atoms with E-state index in [1.165, 1.54) is 11.1 Å². The maximum Gasteiger partial charge on any atom is 0.323 e. The maximum absolute atomic E-state index is 13.3. The molecular formula is C30H36N4O3. The molecule has 1 aliphatic heterocycles. The van der Waals surface area contributed by atoms with Crippen molar-refractivity contribution in [3.63, 3.8) is 0 Å². The van der Waals surface area contributed by atoms with E-state index < -0.39 is 0 Å². The molecule has 0 bridgehead atoms. The van der Waals surface area contributed by atoms with Gasteiger partial charge in [-0.05, 0) is 74.1 Å². The molecule has 194 valence electrons. The van der Waals surface area contributed by atoms with Gasteiger partial charge in [0.1, 0.15) is 0 Å². The Morgan fingerprint density at radius 1 is 0.946 bits per heavy atom. The summed E-state index contributed by atoms with van der Waals surface area (Å²) in [5.41, 5.74) is 7.35. The molecule has 0 unspecified atom stereocenters. The number of carbonyl (C=O) groups excluding carboxylic acids is 2. The number of fused-ring (bicyclic) bond motifs is 1. The fourth-order valence-corrected chi connectivity index (χ4v) is 4.68. The molecular weight excluding hydrogens is 464 g/mol. The number of hydrogen-bond donors (Lipinski definition) is 3. The Bertz CT molecular complexity index is 1240. The van der Waals surface area contributed by atoms with Gasteiger partial charge in [-0.2, -0.15) is 0 Å². The summed E-state index contributed by atoms with van der Waals surface area (Å²) in [5, 5.41) is 8.86. The number of hydrogen-bond acceptors (Lipinski definition) is 4. The van der Waals surface area contributed by atoms with Crippen molar-refractivity contribution < 1.29 is 14.3 Å². The van der Waals surface area contributed by atoms with E-state index in [9.17, 15) is 9.59 Å². The molecule has 7 heteroatoms. The second kappa shape index (κ2) is 12.4. The summed E-state index contributed by atoms with van der Waals surface area (Å²) >= 11 is 0. The molecule has 0 radical (unpaired) electrons. The van der Waals surface area contributed by atoms with Crippen LogP contribution in [-0.4, -0.2) is 38.2 Å². The van der Waals surface area contributed by atoms with Gasteiger partial charge in [0.2, 0.25) is 0 Å². The van der Waals surface area contributed by atoms with E-state index >= 15 is 0 Å². The van der Waals surface area contributed by atoms with Gasteiger partial charge in [0.15, 0.2) is 0 Å². The van der Waals surface area contributed by atoms with Gasteiger partial charge in [0.25, 0.3) is 5.91 Å². The van der Waals surface area contributed by atoms with Crippen molar-refractivity contribution in [2.45, 2.75) is 40.2 Å². The van der Waals surface area contributed by atoms with Crippen molar-refractivity contribution in [3.8, 4) is 0 Å². The van der Waals surface area contributed by atoms with E-state index in [1.807, 2.05) is 51.1 Å². The zero-order chi connectivity index (χ0) is 26.2. The highest BCUT2D eigenvalue weighted by atomic mass is 16.5. The minimum Gasteiger partial charge on any atom is -0.382 e. The number of nitrogens with one attached hydrogen (secondary N) is 3. The predicted octanol–water partition coefficient (Wildman–Crippen LogP) is 5.67. The highest BCUT2D eigenvalue weighted by Crippen LogP contribution is 2.30. The third-order valence-corrected chi connectivity index (χ3v) is 6.65. The van der Waals surface area contributed by atoms with Crippen LogP contribution in [0.1, 0.15) is 46.0 Å². The van der Waals surface area contributed by atoms with Crippen LogP contribution in [0.15, 0.2) is 60.7 Å². The third-order valence-electron chi connectivity index (χ3n) is 6.65. The number of amides is 3. The smallest absolute Gasteiger partial charge is 0.323 e. The molecule has 7 nitrogen and oxygen atoms in total. The molecule has 0 aliphatic carbocycles. The molecule has 3 aromatic rings. The Labute approximate surface area is 219 Å². The van der Waals surface area contributed by atoms with Crippen molar-refractivity contribution in [1.29, 1.82) is 0 Å². The van der Waals surface area contributed by atoms with Gasteiger partial charge in [-0.25, -0.2) is 4.79 Å². The second-order valence-electron chi connectivity index (χ2n) is 9.32. The number of urea groups is 1. The number of rotatable bonds is 9. The van der Waals surface area contributed by atoms with Crippen molar-refractivity contribution in [2.75, 3.05) is 41.8 Å². The molecule has 37 heavy (non-hydrogen) atoms. The van der Waals surface area contributed by atoms with Gasteiger partial charge in [-0.1, -0.05) is 42.5 Å². The summed E-state index contributed by atoms with van der Waals surface area (Å²) in [4.78, 5) is 28.3. The van der Waals surface area contributed by atoms with Gasteiger partial charge in [0.05, 0.1) is 5.56 Å². The van der Waals surface area contributed by atoms with Crippen molar-refractivity contribution in [3.05, 3.63) is 88.5 Å². The van der Waals surface area contributed by atoms with Crippen molar-refractivity contribution in [1.82, 2.24) is 5.32 Å². The van der Waals surface area contributed by atoms with Gasteiger partial charge >= 0.3 is 6.03 Å². The molecule has 3 aromatic carbocycles. The average molecular weight is 501 g/mol.